The van der Waals surface area contributed by atoms with Gasteiger partial charge in [-0.05, 0) is 19.2 Å². The second-order valence-corrected chi connectivity index (χ2v) is 3.01. The summed E-state index contributed by atoms with van der Waals surface area (Å²) in [6, 6.07) is 3.75. The van der Waals surface area contributed by atoms with E-state index in [2.05, 4.69) is 5.32 Å². The normalized spacial score (nSPS) is 13.0. The quantitative estimate of drug-likeness (QED) is 0.785. The van der Waals surface area contributed by atoms with Crippen molar-refractivity contribution in [2.24, 2.45) is 0 Å². The van der Waals surface area contributed by atoms with E-state index in [1.54, 1.807) is 7.11 Å². The van der Waals surface area contributed by atoms with Gasteiger partial charge in [0.15, 0.2) is 11.5 Å². The molecule has 1 aliphatic heterocycles. The predicted molar refractivity (Wildman–Crippen MR) is 51.9 cm³/mol. The number of methoxy groups -OCH3 is 1. The van der Waals surface area contributed by atoms with E-state index in [9.17, 15) is 0 Å². The van der Waals surface area contributed by atoms with Crippen LogP contribution in [0.15, 0.2) is 12.1 Å². The van der Waals surface area contributed by atoms with Crippen molar-refractivity contribution in [2.75, 3.05) is 21.0 Å². The van der Waals surface area contributed by atoms with Crippen LogP contribution >= 0.6 is 0 Å². The average molecular weight is 195 g/mol. The van der Waals surface area contributed by atoms with Crippen LogP contribution in [0.2, 0.25) is 0 Å². The molecular weight excluding hydrogens is 182 g/mol. The van der Waals surface area contributed by atoms with E-state index < -0.39 is 0 Å². The lowest BCUT2D eigenvalue weighted by Gasteiger charge is -2.10. The van der Waals surface area contributed by atoms with Gasteiger partial charge in [0, 0.05) is 6.54 Å². The van der Waals surface area contributed by atoms with Crippen LogP contribution in [0.1, 0.15) is 5.56 Å². The van der Waals surface area contributed by atoms with E-state index in [4.69, 9.17) is 14.2 Å². The minimum Gasteiger partial charge on any atom is -0.496 e. The van der Waals surface area contributed by atoms with Crippen LogP contribution in [0.4, 0.5) is 0 Å². The van der Waals surface area contributed by atoms with Crippen molar-refractivity contribution in [3.05, 3.63) is 17.7 Å². The molecule has 0 fully saturated rings. The molecule has 1 aromatic carbocycles. The van der Waals surface area contributed by atoms with E-state index in [1.807, 2.05) is 19.2 Å². The number of nitrogens with one attached hydrogen (secondary N) is 1. The van der Waals surface area contributed by atoms with Crippen LogP contribution in [0.25, 0.3) is 0 Å². The molecule has 4 nitrogen and oxygen atoms in total. The van der Waals surface area contributed by atoms with Crippen LogP contribution < -0.4 is 19.5 Å². The third-order valence-corrected chi connectivity index (χ3v) is 2.17. The number of rotatable bonds is 3. The summed E-state index contributed by atoms with van der Waals surface area (Å²) in [7, 11) is 3.53. The molecule has 0 bridgehead atoms. The van der Waals surface area contributed by atoms with Gasteiger partial charge in [-0.25, -0.2) is 0 Å². The van der Waals surface area contributed by atoms with Gasteiger partial charge in [-0.15, -0.1) is 0 Å². The Bertz CT molecular complexity index is 338. The lowest BCUT2D eigenvalue weighted by molar-refractivity contribution is 0.173. The van der Waals surface area contributed by atoms with Crippen LogP contribution in [-0.4, -0.2) is 21.0 Å². The van der Waals surface area contributed by atoms with Gasteiger partial charge < -0.3 is 19.5 Å². The van der Waals surface area contributed by atoms with Crippen LogP contribution in [0.5, 0.6) is 17.2 Å². The summed E-state index contributed by atoms with van der Waals surface area (Å²) in [6.07, 6.45) is 0. The third-order valence-electron chi connectivity index (χ3n) is 2.17. The summed E-state index contributed by atoms with van der Waals surface area (Å²) in [4.78, 5) is 0. The first kappa shape index (κ1) is 9.15. The standard InChI is InChI=1S/C10H13NO3/c1-11-5-7-8(12-2)3-4-9-10(7)14-6-13-9/h3-4,11H,5-6H2,1-2H3. The van der Waals surface area contributed by atoms with Gasteiger partial charge in [0.05, 0.1) is 12.7 Å². The summed E-state index contributed by atoms with van der Waals surface area (Å²) >= 11 is 0. The Morgan fingerprint density at radius 1 is 1.43 bits per heavy atom. The first-order valence-electron chi connectivity index (χ1n) is 4.47. The fourth-order valence-corrected chi connectivity index (χ4v) is 1.55. The van der Waals surface area contributed by atoms with Gasteiger partial charge in [0.1, 0.15) is 5.75 Å². The number of hydrogen-bond acceptors (Lipinski definition) is 4. The van der Waals surface area contributed by atoms with E-state index in [0.717, 1.165) is 22.8 Å². The van der Waals surface area contributed by atoms with Gasteiger partial charge in [-0.3, -0.25) is 0 Å². The average Bonchev–Trinajstić information content (AvgIpc) is 2.67. The molecule has 1 N–H and O–H groups in total. The van der Waals surface area contributed by atoms with Crippen LogP contribution in [0, 0.1) is 0 Å². The Labute approximate surface area is 82.8 Å². The van der Waals surface area contributed by atoms with Gasteiger partial charge in [-0.1, -0.05) is 0 Å². The van der Waals surface area contributed by atoms with Crippen molar-refractivity contribution in [3.8, 4) is 17.2 Å². The second kappa shape index (κ2) is 3.75. The molecule has 0 aliphatic carbocycles. The predicted octanol–water partition coefficient (Wildman–Crippen LogP) is 1.14. The first-order chi connectivity index (χ1) is 6.86. The lowest BCUT2D eigenvalue weighted by Crippen LogP contribution is -2.07. The SMILES string of the molecule is CNCc1c(OC)ccc2c1OCO2. The van der Waals surface area contributed by atoms with E-state index in [0.29, 0.717) is 13.3 Å². The largest absolute Gasteiger partial charge is 0.496 e. The zero-order valence-electron chi connectivity index (χ0n) is 8.29. The Hall–Kier alpha value is -1.42. The number of fused-ring (bicyclic) bond motifs is 1. The molecule has 0 radical (unpaired) electrons. The van der Waals surface area contributed by atoms with Crippen molar-refractivity contribution < 1.29 is 14.2 Å². The zero-order chi connectivity index (χ0) is 9.97. The molecule has 0 aromatic heterocycles. The molecular formula is C10H13NO3. The van der Waals surface area contributed by atoms with E-state index >= 15 is 0 Å². The van der Waals surface area contributed by atoms with Gasteiger partial charge in [-0.2, -0.15) is 0 Å². The Morgan fingerprint density at radius 3 is 3.00 bits per heavy atom. The van der Waals surface area contributed by atoms with Crippen molar-refractivity contribution >= 4 is 0 Å². The highest BCUT2D eigenvalue weighted by Crippen LogP contribution is 2.40. The maximum absolute atomic E-state index is 5.38. The minimum absolute atomic E-state index is 0.291. The molecule has 4 heteroatoms. The Balaban J connectivity index is 2.45. The fourth-order valence-electron chi connectivity index (χ4n) is 1.55. The highest BCUT2D eigenvalue weighted by atomic mass is 16.7. The Kier molecular flexibility index (Phi) is 2.45. The highest BCUT2D eigenvalue weighted by Gasteiger charge is 2.20. The first-order valence-corrected chi connectivity index (χ1v) is 4.47. The molecule has 0 amide bonds. The van der Waals surface area contributed by atoms with E-state index in [-0.39, 0.29) is 0 Å². The molecule has 0 atom stereocenters. The van der Waals surface area contributed by atoms with Gasteiger partial charge in [0.2, 0.25) is 6.79 Å². The minimum atomic E-state index is 0.291. The van der Waals surface area contributed by atoms with Crippen LogP contribution in [-0.2, 0) is 6.54 Å². The maximum atomic E-state index is 5.38. The number of benzene rings is 1. The third kappa shape index (κ3) is 1.37. The lowest BCUT2D eigenvalue weighted by atomic mass is 10.1. The molecule has 0 spiro atoms. The van der Waals surface area contributed by atoms with Crippen molar-refractivity contribution in [2.45, 2.75) is 6.54 Å². The zero-order valence-corrected chi connectivity index (χ0v) is 8.29. The molecule has 14 heavy (non-hydrogen) atoms. The Morgan fingerprint density at radius 2 is 2.29 bits per heavy atom. The summed E-state index contributed by atoms with van der Waals surface area (Å²) in [6.45, 7) is 0.995. The number of ether oxygens (including phenoxy) is 3. The van der Waals surface area contributed by atoms with Crippen molar-refractivity contribution in [1.82, 2.24) is 5.32 Å². The summed E-state index contributed by atoms with van der Waals surface area (Å²) in [5.74, 6) is 2.40. The molecule has 1 heterocycles. The molecule has 0 saturated heterocycles. The van der Waals surface area contributed by atoms with Crippen molar-refractivity contribution in [3.63, 3.8) is 0 Å². The fraction of sp³-hybridized carbons (Fsp3) is 0.400. The van der Waals surface area contributed by atoms with E-state index in [1.165, 1.54) is 0 Å². The number of hydrogen-bond donors (Lipinski definition) is 1. The molecule has 76 valence electrons. The summed E-state index contributed by atoms with van der Waals surface area (Å²) in [5.41, 5.74) is 1.00. The van der Waals surface area contributed by atoms with Crippen molar-refractivity contribution in [1.29, 1.82) is 0 Å². The summed E-state index contributed by atoms with van der Waals surface area (Å²) < 4.78 is 15.9. The molecule has 0 unspecified atom stereocenters. The molecule has 0 saturated carbocycles. The maximum Gasteiger partial charge on any atom is 0.231 e. The summed E-state index contributed by atoms with van der Waals surface area (Å²) in [5, 5.41) is 3.07. The molecule has 2 rings (SSSR count). The topological polar surface area (TPSA) is 39.7 Å². The monoisotopic (exact) mass is 195 g/mol. The highest BCUT2D eigenvalue weighted by molar-refractivity contribution is 5.54. The second-order valence-electron chi connectivity index (χ2n) is 3.01. The molecule has 1 aliphatic rings. The van der Waals surface area contributed by atoms with Crippen LogP contribution in [0.3, 0.4) is 0 Å². The smallest absolute Gasteiger partial charge is 0.231 e. The van der Waals surface area contributed by atoms with Gasteiger partial charge in [0.25, 0.3) is 0 Å². The van der Waals surface area contributed by atoms with Gasteiger partial charge >= 0.3 is 0 Å². The molecule has 1 aromatic rings.